The van der Waals surface area contributed by atoms with Crippen LogP contribution in [0.15, 0.2) is 18.3 Å². The first-order chi connectivity index (χ1) is 11.5. The Morgan fingerprint density at radius 2 is 2.25 bits per heavy atom. The Hall–Kier alpha value is -1.17. The van der Waals surface area contributed by atoms with Gasteiger partial charge in [0.05, 0.1) is 29.9 Å². The number of nitrogens with zero attached hydrogens (tertiary/aromatic N) is 2. The Bertz CT molecular complexity index is 564. The van der Waals surface area contributed by atoms with Crippen molar-refractivity contribution in [3.8, 4) is 0 Å². The van der Waals surface area contributed by atoms with Crippen molar-refractivity contribution >= 4 is 17.5 Å². The second kappa shape index (κ2) is 7.81. The number of pyridine rings is 1. The van der Waals surface area contributed by atoms with Gasteiger partial charge in [0, 0.05) is 24.4 Å². The van der Waals surface area contributed by atoms with Gasteiger partial charge in [0.1, 0.15) is 6.61 Å². The number of halogens is 1. The monoisotopic (exact) mass is 351 g/mol. The molecule has 1 radical (unpaired) electrons. The molecule has 0 bridgehead atoms. The summed E-state index contributed by atoms with van der Waals surface area (Å²) in [5, 5.41) is 0.644. The number of hydrogen-bond donors (Lipinski definition) is 0. The SMILES string of the molecule is CC(C)OC1CC(c2ccc(Cl)cn2)C[CH]C1N1CCOCC1=O. The Balaban J connectivity index is 1.74. The molecule has 3 rings (SSSR count). The van der Waals surface area contributed by atoms with Crippen molar-refractivity contribution < 1.29 is 14.3 Å². The topological polar surface area (TPSA) is 51.7 Å². The van der Waals surface area contributed by atoms with E-state index >= 15 is 0 Å². The van der Waals surface area contributed by atoms with Crippen molar-refractivity contribution in [3.63, 3.8) is 0 Å². The van der Waals surface area contributed by atoms with Gasteiger partial charge >= 0.3 is 0 Å². The van der Waals surface area contributed by atoms with Crippen LogP contribution in [-0.2, 0) is 14.3 Å². The molecular weight excluding hydrogens is 328 g/mol. The summed E-state index contributed by atoms with van der Waals surface area (Å²) >= 11 is 5.94. The lowest BCUT2D eigenvalue weighted by molar-refractivity contribution is -0.151. The summed E-state index contributed by atoms with van der Waals surface area (Å²) in [6, 6.07) is 3.86. The largest absolute Gasteiger partial charge is 0.373 e. The van der Waals surface area contributed by atoms with Crippen molar-refractivity contribution in [1.29, 1.82) is 0 Å². The quantitative estimate of drug-likeness (QED) is 0.837. The maximum absolute atomic E-state index is 12.2. The van der Waals surface area contributed by atoms with Crippen LogP contribution in [0, 0.1) is 6.42 Å². The fraction of sp³-hybridized carbons (Fsp3) is 0.611. The number of aromatic nitrogens is 1. The van der Waals surface area contributed by atoms with E-state index in [0.29, 0.717) is 24.1 Å². The molecule has 2 fully saturated rings. The summed E-state index contributed by atoms with van der Waals surface area (Å²) in [6.07, 6.45) is 5.70. The van der Waals surface area contributed by atoms with E-state index in [-0.39, 0.29) is 30.8 Å². The molecule has 1 amide bonds. The van der Waals surface area contributed by atoms with Crippen LogP contribution in [0.2, 0.25) is 5.02 Å². The van der Waals surface area contributed by atoms with E-state index in [9.17, 15) is 4.79 Å². The molecule has 131 valence electrons. The molecule has 1 aromatic heterocycles. The van der Waals surface area contributed by atoms with Crippen LogP contribution >= 0.6 is 11.6 Å². The molecular formula is C18H24ClN2O3. The molecule has 3 atom stereocenters. The molecule has 2 aliphatic rings. The zero-order chi connectivity index (χ0) is 17.1. The highest BCUT2D eigenvalue weighted by Crippen LogP contribution is 2.36. The average molecular weight is 352 g/mol. The van der Waals surface area contributed by atoms with Gasteiger partial charge in [0.2, 0.25) is 5.91 Å². The van der Waals surface area contributed by atoms with Gasteiger partial charge in [-0.05, 0) is 45.2 Å². The minimum Gasteiger partial charge on any atom is -0.373 e. The van der Waals surface area contributed by atoms with E-state index in [4.69, 9.17) is 21.1 Å². The van der Waals surface area contributed by atoms with Crippen LogP contribution in [0.3, 0.4) is 0 Å². The van der Waals surface area contributed by atoms with Crippen molar-refractivity contribution in [2.75, 3.05) is 19.8 Å². The summed E-state index contributed by atoms with van der Waals surface area (Å²) in [4.78, 5) is 18.6. The van der Waals surface area contributed by atoms with Crippen LogP contribution in [-0.4, -0.2) is 53.8 Å². The summed E-state index contributed by atoms with van der Waals surface area (Å²) in [6.45, 7) is 5.44. The molecule has 5 nitrogen and oxygen atoms in total. The van der Waals surface area contributed by atoms with Gasteiger partial charge in [-0.2, -0.15) is 0 Å². The number of rotatable bonds is 4. The Morgan fingerprint density at radius 3 is 2.92 bits per heavy atom. The molecule has 1 saturated carbocycles. The molecule has 1 aromatic rings. The van der Waals surface area contributed by atoms with E-state index in [2.05, 4.69) is 11.4 Å². The second-order valence-electron chi connectivity index (χ2n) is 6.66. The Morgan fingerprint density at radius 1 is 1.42 bits per heavy atom. The van der Waals surface area contributed by atoms with Gasteiger partial charge in [-0.25, -0.2) is 0 Å². The first kappa shape index (κ1) is 17.6. The lowest BCUT2D eigenvalue weighted by Gasteiger charge is -2.43. The maximum atomic E-state index is 12.2. The minimum atomic E-state index is -0.0247. The summed E-state index contributed by atoms with van der Waals surface area (Å²) in [5.74, 6) is 0.335. The summed E-state index contributed by atoms with van der Waals surface area (Å²) < 4.78 is 11.4. The molecule has 0 aromatic carbocycles. The van der Waals surface area contributed by atoms with E-state index in [0.717, 1.165) is 18.5 Å². The van der Waals surface area contributed by atoms with Gasteiger partial charge in [-0.15, -0.1) is 0 Å². The number of morpholine rings is 1. The third kappa shape index (κ3) is 4.08. The highest BCUT2D eigenvalue weighted by molar-refractivity contribution is 6.30. The van der Waals surface area contributed by atoms with Gasteiger partial charge in [-0.1, -0.05) is 11.6 Å². The molecule has 1 saturated heterocycles. The smallest absolute Gasteiger partial charge is 0.248 e. The molecule has 0 spiro atoms. The maximum Gasteiger partial charge on any atom is 0.248 e. The van der Waals surface area contributed by atoms with Crippen LogP contribution in [0.4, 0.5) is 0 Å². The Labute approximate surface area is 148 Å². The number of ether oxygens (including phenoxy) is 2. The number of amides is 1. The molecule has 2 heterocycles. The number of carbonyl (C=O) groups is 1. The van der Waals surface area contributed by atoms with E-state index in [1.807, 2.05) is 30.9 Å². The zero-order valence-electron chi connectivity index (χ0n) is 14.2. The highest BCUT2D eigenvalue weighted by Gasteiger charge is 2.39. The minimum absolute atomic E-state index is 0.00681. The molecule has 0 N–H and O–H groups in total. The fourth-order valence-electron chi connectivity index (χ4n) is 3.50. The van der Waals surface area contributed by atoms with Crippen molar-refractivity contribution in [2.24, 2.45) is 0 Å². The van der Waals surface area contributed by atoms with Crippen LogP contribution in [0.5, 0.6) is 0 Å². The fourth-order valence-corrected chi connectivity index (χ4v) is 3.61. The van der Waals surface area contributed by atoms with Gasteiger partial charge in [0.15, 0.2) is 0 Å². The van der Waals surface area contributed by atoms with E-state index in [1.165, 1.54) is 0 Å². The van der Waals surface area contributed by atoms with E-state index < -0.39 is 0 Å². The average Bonchev–Trinajstić information content (AvgIpc) is 2.56. The summed E-state index contributed by atoms with van der Waals surface area (Å²) in [5.41, 5.74) is 1.03. The predicted octanol–water partition coefficient (Wildman–Crippen LogP) is 2.84. The number of carbonyl (C=O) groups excluding carboxylic acids is 1. The molecule has 1 aliphatic heterocycles. The third-order valence-corrected chi connectivity index (χ3v) is 4.78. The van der Waals surface area contributed by atoms with Crippen molar-refractivity contribution in [2.45, 2.75) is 50.9 Å². The molecule has 3 unspecified atom stereocenters. The summed E-state index contributed by atoms with van der Waals surface area (Å²) in [7, 11) is 0. The first-order valence-electron chi connectivity index (χ1n) is 8.52. The lowest BCUT2D eigenvalue weighted by Crippen LogP contribution is -2.55. The first-order valence-corrected chi connectivity index (χ1v) is 8.90. The van der Waals surface area contributed by atoms with Crippen LogP contribution in [0.1, 0.15) is 38.3 Å². The molecule has 1 aliphatic carbocycles. The molecule has 24 heavy (non-hydrogen) atoms. The van der Waals surface area contributed by atoms with Crippen LogP contribution < -0.4 is 0 Å². The van der Waals surface area contributed by atoms with Gasteiger partial charge in [-0.3, -0.25) is 9.78 Å². The standard InChI is InChI=1S/C18H24ClN2O3/c1-12(2)24-17-9-13(15-5-4-14(19)10-20-15)3-6-16(17)21-7-8-23-11-18(21)22/h4-6,10,12-13,16-17H,3,7-9,11H2,1-2H3. The van der Waals surface area contributed by atoms with Gasteiger partial charge < -0.3 is 14.4 Å². The molecule has 6 heteroatoms. The van der Waals surface area contributed by atoms with E-state index in [1.54, 1.807) is 6.20 Å². The second-order valence-corrected chi connectivity index (χ2v) is 7.10. The van der Waals surface area contributed by atoms with Gasteiger partial charge in [0.25, 0.3) is 0 Å². The van der Waals surface area contributed by atoms with Crippen molar-refractivity contribution in [3.05, 3.63) is 35.5 Å². The third-order valence-electron chi connectivity index (χ3n) is 4.56. The normalized spacial score (nSPS) is 28.4. The zero-order valence-corrected chi connectivity index (χ0v) is 14.9. The highest BCUT2D eigenvalue weighted by atomic mass is 35.5. The lowest BCUT2D eigenvalue weighted by atomic mass is 9.81. The predicted molar refractivity (Wildman–Crippen MR) is 91.9 cm³/mol. The van der Waals surface area contributed by atoms with Crippen LogP contribution in [0.25, 0.3) is 0 Å². The number of hydrogen-bond acceptors (Lipinski definition) is 4. The Kier molecular flexibility index (Phi) is 5.74. The van der Waals surface area contributed by atoms with Crippen molar-refractivity contribution in [1.82, 2.24) is 9.88 Å².